The average molecular weight is 263 g/mol. The molecule has 0 saturated heterocycles. The Morgan fingerprint density at radius 2 is 2.00 bits per heavy atom. The summed E-state index contributed by atoms with van der Waals surface area (Å²) in [6.07, 6.45) is 0.709. The summed E-state index contributed by atoms with van der Waals surface area (Å²) in [5, 5.41) is 7.72. The third kappa shape index (κ3) is 3.40. The van der Waals surface area contributed by atoms with Crippen LogP contribution in [0.5, 0.6) is 0 Å². The molecule has 2 aromatic rings. The molecule has 0 saturated carbocycles. The monoisotopic (exact) mass is 263 g/mol. The van der Waals surface area contributed by atoms with E-state index in [1.165, 1.54) is 11.6 Å². The van der Waals surface area contributed by atoms with E-state index in [0.29, 0.717) is 12.5 Å². The minimum Gasteiger partial charge on any atom is -0.307 e. The Balaban J connectivity index is 1.93. The summed E-state index contributed by atoms with van der Waals surface area (Å²) in [5.41, 5.74) is 2.07. The molecule has 0 aliphatic heterocycles. The fraction of sp³-hybridized carbons (Fsp3) is 0.333. The fourth-order valence-corrected chi connectivity index (χ4v) is 2.85. The highest BCUT2D eigenvalue weighted by atomic mass is 32.1. The first-order valence-corrected chi connectivity index (χ1v) is 7.12. The molecule has 18 heavy (non-hydrogen) atoms. The zero-order valence-electron chi connectivity index (χ0n) is 10.7. The zero-order valence-corrected chi connectivity index (χ0v) is 11.5. The number of hydrogen-bond donors (Lipinski definition) is 1. The molecule has 0 bridgehead atoms. The molecule has 1 aromatic heterocycles. The SMILES string of the molecule is CC(Cc1ccccc1F)NC(C)c1ccsc1. The van der Waals surface area contributed by atoms with Gasteiger partial charge < -0.3 is 5.32 Å². The van der Waals surface area contributed by atoms with Crippen LogP contribution in [0.2, 0.25) is 0 Å². The molecule has 0 aliphatic carbocycles. The van der Waals surface area contributed by atoms with Crippen LogP contribution in [-0.2, 0) is 6.42 Å². The lowest BCUT2D eigenvalue weighted by Crippen LogP contribution is -2.30. The van der Waals surface area contributed by atoms with Crippen LogP contribution in [0.4, 0.5) is 4.39 Å². The first-order chi connectivity index (χ1) is 8.66. The van der Waals surface area contributed by atoms with Crippen LogP contribution < -0.4 is 5.32 Å². The molecule has 2 rings (SSSR count). The van der Waals surface area contributed by atoms with Gasteiger partial charge in [0.2, 0.25) is 0 Å². The quantitative estimate of drug-likeness (QED) is 0.853. The van der Waals surface area contributed by atoms with Gasteiger partial charge in [-0.25, -0.2) is 4.39 Å². The van der Waals surface area contributed by atoms with Crippen molar-refractivity contribution in [2.45, 2.75) is 32.4 Å². The van der Waals surface area contributed by atoms with E-state index in [4.69, 9.17) is 0 Å². The molecule has 0 amide bonds. The van der Waals surface area contributed by atoms with Crippen molar-refractivity contribution in [2.24, 2.45) is 0 Å². The molecule has 2 unspecified atom stereocenters. The number of benzene rings is 1. The number of hydrogen-bond acceptors (Lipinski definition) is 2. The van der Waals surface area contributed by atoms with Gasteiger partial charge >= 0.3 is 0 Å². The number of halogens is 1. The van der Waals surface area contributed by atoms with Crippen LogP contribution in [0.3, 0.4) is 0 Å². The third-order valence-corrected chi connectivity index (χ3v) is 3.76. The van der Waals surface area contributed by atoms with E-state index in [2.05, 4.69) is 36.0 Å². The average Bonchev–Trinajstić information content (AvgIpc) is 2.85. The summed E-state index contributed by atoms with van der Waals surface area (Å²) in [4.78, 5) is 0. The Morgan fingerprint density at radius 1 is 1.22 bits per heavy atom. The first kappa shape index (κ1) is 13.2. The maximum atomic E-state index is 13.5. The van der Waals surface area contributed by atoms with Crippen molar-refractivity contribution >= 4 is 11.3 Å². The topological polar surface area (TPSA) is 12.0 Å². The predicted molar refractivity (Wildman–Crippen MR) is 75.4 cm³/mol. The summed E-state index contributed by atoms with van der Waals surface area (Å²) < 4.78 is 13.5. The van der Waals surface area contributed by atoms with Crippen LogP contribution in [0.15, 0.2) is 41.1 Å². The molecule has 0 spiro atoms. The van der Waals surface area contributed by atoms with Gasteiger partial charge in [0.25, 0.3) is 0 Å². The summed E-state index contributed by atoms with van der Waals surface area (Å²) in [7, 11) is 0. The second-order valence-corrected chi connectivity index (χ2v) is 5.42. The van der Waals surface area contributed by atoms with Crippen LogP contribution in [0.25, 0.3) is 0 Å². The molecule has 0 fully saturated rings. The predicted octanol–water partition coefficient (Wildman–Crippen LogP) is 4.17. The van der Waals surface area contributed by atoms with Crippen molar-refractivity contribution in [3.8, 4) is 0 Å². The van der Waals surface area contributed by atoms with Crippen LogP contribution in [-0.4, -0.2) is 6.04 Å². The van der Waals surface area contributed by atoms with Gasteiger partial charge in [-0.1, -0.05) is 18.2 Å². The lowest BCUT2D eigenvalue weighted by molar-refractivity contribution is 0.470. The molecule has 2 atom stereocenters. The molecular formula is C15H18FNS. The molecule has 1 N–H and O–H groups in total. The van der Waals surface area contributed by atoms with Gasteiger partial charge in [0.1, 0.15) is 5.82 Å². The highest BCUT2D eigenvalue weighted by Crippen LogP contribution is 2.17. The molecule has 1 aromatic carbocycles. The highest BCUT2D eigenvalue weighted by molar-refractivity contribution is 7.07. The fourth-order valence-electron chi connectivity index (χ4n) is 2.10. The highest BCUT2D eigenvalue weighted by Gasteiger charge is 2.11. The lowest BCUT2D eigenvalue weighted by atomic mass is 10.0. The minimum absolute atomic E-state index is 0.116. The van der Waals surface area contributed by atoms with Gasteiger partial charge in [0.15, 0.2) is 0 Å². The minimum atomic E-state index is -0.116. The van der Waals surface area contributed by atoms with E-state index < -0.39 is 0 Å². The van der Waals surface area contributed by atoms with E-state index in [-0.39, 0.29) is 11.9 Å². The van der Waals surface area contributed by atoms with Crippen LogP contribution in [0, 0.1) is 5.82 Å². The Labute approximate surface area is 112 Å². The standard InChI is InChI=1S/C15H18FNS/c1-11(9-13-5-3-4-6-15(13)16)17-12(2)14-7-8-18-10-14/h3-8,10-12,17H,9H2,1-2H3. The zero-order chi connectivity index (χ0) is 13.0. The van der Waals surface area contributed by atoms with Crippen LogP contribution in [0.1, 0.15) is 31.0 Å². The maximum Gasteiger partial charge on any atom is 0.126 e. The molecule has 0 radical (unpaired) electrons. The number of nitrogens with one attached hydrogen (secondary N) is 1. The normalized spacial score (nSPS) is 14.4. The first-order valence-electron chi connectivity index (χ1n) is 6.18. The Morgan fingerprint density at radius 3 is 2.67 bits per heavy atom. The van der Waals surface area contributed by atoms with Gasteiger partial charge in [-0.05, 0) is 54.3 Å². The van der Waals surface area contributed by atoms with Crippen molar-refractivity contribution in [3.05, 3.63) is 58.0 Å². The Hall–Kier alpha value is -1.19. The van der Waals surface area contributed by atoms with E-state index in [0.717, 1.165) is 5.56 Å². The maximum absolute atomic E-state index is 13.5. The second kappa shape index (κ2) is 6.12. The molecule has 1 nitrogen and oxygen atoms in total. The third-order valence-electron chi connectivity index (χ3n) is 3.06. The summed E-state index contributed by atoms with van der Waals surface area (Å²) in [6, 6.07) is 9.65. The van der Waals surface area contributed by atoms with Crippen molar-refractivity contribution in [3.63, 3.8) is 0 Å². The van der Waals surface area contributed by atoms with Gasteiger partial charge in [0.05, 0.1) is 0 Å². The summed E-state index contributed by atoms with van der Waals surface area (Å²) >= 11 is 1.70. The molecule has 1 heterocycles. The Bertz CT molecular complexity index is 481. The Kier molecular flexibility index (Phi) is 4.50. The van der Waals surface area contributed by atoms with E-state index >= 15 is 0 Å². The summed E-state index contributed by atoms with van der Waals surface area (Å²) in [5.74, 6) is -0.116. The smallest absolute Gasteiger partial charge is 0.126 e. The summed E-state index contributed by atoms with van der Waals surface area (Å²) in [6.45, 7) is 4.23. The van der Waals surface area contributed by atoms with Gasteiger partial charge in [-0.2, -0.15) is 11.3 Å². The number of rotatable bonds is 5. The van der Waals surface area contributed by atoms with Gasteiger partial charge in [0, 0.05) is 12.1 Å². The van der Waals surface area contributed by atoms with Crippen molar-refractivity contribution in [1.29, 1.82) is 0 Å². The molecule has 96 valence electrons. The van der Waals surface area contributed by atoms with Crippen molar-refractivity contribution < 1.29 is 4.39 Å². The molecule has 0 aliphatic rings. The molecular weight excluding hydrogens is 245 g/mol. The van der Waals surface area contributed by atoms with Crippen LogP contribution >= 0.6 is 11.3 Å². The van der Waals surface area contributed by atoms with Gasteiger partial charge in [-0.15, -0.1) is 0 Å². The second-order valence-electron chi connectivity index (χ2n) is 4.64. The van der Waals surface area contributed by atoms with Crippen molar-refractivity contribution in [1.82, 2.24) is 5.32 Å². The van der Waals surface area contributed by atoms with Crippen molar-refractivity contribution in [2.75, 3.05) is 0 Å². The van der Waals surface area contributed by atoms with E-state index in [9.17, 15) is 4.39 Å². The van der Waals surface area contributed by atoms with Gasteiger partial charge in [-0.3, -0.25) is 0 Å². The lowest BCUT2D eigenvalue weighted by Gasteiger charge is -2.19. The van der Waals surface area contributed by atoms with E-state index in [1.54, 1.807) is 17.4 Å². The largest absolute Gasteiger partial charge is 0.307 e. The van der Waals surface area contributed by atoms with E-state index in [1.807, 2.05) is 12.1 Å². The number of thiophene rings is 1. The molecule has 3 heteroatoms.